The van der Waals surface area contributed by atoms with E-state index in [1.807, 2.05) is 30.3 Å². The Bertz CT molecular complexity index is 674. The lowest BCUT2D eigenvalue weighted by Crippen LogP contribution is -2.02. The van der Waals surface area contributed by atoms with E-state index in [1.54, 1.807) is 0 Å². The van der Waals surface area contributed by atoms with Crippen molar-refractivity contribution in [3.05, 3.63) is 70.3 Å². The number of carbonyl (C=O) groups excluding carboxylic acids is 1. The van der Waals surface area contributed by atoms with Crippen LogP contribution in [0.2, 0.25) is 0 Å². The molecule has 0 aliphatic carbocycles. The Balaban J connectivity index is 1.88. The van der Waals surface area contributed by atoms with Crippen molar-refractivity contribution in [2.75, 3.05) is 0 Å². The molecule has 134 valence electrons. The predicted molar refractivity (Wildman–Crippen MR) is 101 cm³/mol. The molecule has 0 saturated heterocycles. The van der Waals surface area contributed by atoms with Crippen molar-refractivity contribution in [3.8, 4) is 0 Å². The largest absolute Gasteiger partial charge is 0.450 e. The van der Waals surface area contributed by atoms with Gasteiger partial charge in [0.2, 0.25) is 0 Å². The standard InChI is InChI=1S/C22H28O3/c1-16(2)6-4-7-17(3)8-5-9-20-14-21(25-22(20)24)19-12-10-18(15-23)11-13-19/h6,8,10-14,21,23H,4-5,7,9,15H2,1-3H3/b17-8+/t21-/m1/s1. The minimum atomic E-state index is -0.307. The van der Waals surface area contributed by atoms with E-state index >= 15 is 0 Å². The minimum Gasteiger partial charge on any atom is -0.450 e. The molecule has 3 heteroatoms. The van der Waals surface area contributed by atoms with Gasteiger partial charge in [-0.2, -0.15) is 0 Å². The predicted octanol–water partition coefficient (Wildman–Crippen LogP) is 5.18. The van der Waals surface area contributed by atoms with Crippen LogP contribution >= 0.6 is 0 Å². The second-order valence-corrected chi connectivity index (χ2v) is 6.83. The fraction of sp³-hybridized carbons (Fsp3) is 0.409. The first-order valence-electron chi connectivity index (χ1n) is 8.90. The molecule has 1 aromatic rings. The smallest absolute Gasteiger partial charge is 0.334 e. The molecular weight excluding hydrogens is 312 g/mol. The van der Waals surface area contributed by atoms with E-state index in [1.165, 1.54) is 11.1 Å². The average Bonchev–Trinajstić information content (AvgIpc) is 2.95. The van der Waals surface area contributed by atoms with Crippen molar-refractivity contribution < 1.29 is 14.6 Å². The number of esters is 1. The highest BCUT2D eigenvalue weighted by atomic mass is 16.5. The topological polar surface area (TPSA) is 46.5 Å². The van der Waals surface area contributed by atoms with Gasteiger partial charge in [-0.15, -0.1) is 0 Å². The number of cyclic esters (lactones) is 1. The van der Waals surface area contributed by atoms with Gasteiger partial charge < -0.3 is 9.84 Å². The summed E-state index contributed by atoms with van der Waals surface area (Å²) in [6.45, 7) is 6.40. The molecule has 25 heavy (non-hydrogen) atoms. The summed E-state index contributed by atoms with van der Waals surface area (Å²) < 4.78 is 5.46. The molecule has 0 bridgehead atoms. The molecule has 0 saturated carbocycles. The molecule has 0 amide bonds. The zero-order chi connectivity index (χ0) is 18.2. The summed E-state index contributed by atoms with van der Waals surface area (Å²) in [5, 5.41) is 9.09. The van der Waals surface area contributed by atoms with Crippen molar-refractivity contribution in [2.24, 2.45) is 0 Å². The molecule has 0 spiro atoms. The first-order chi connectivity index (χ1) is 12.0. The normalized spacial score (nSPS) is 17.3. The van der Waals surface area contributed by atoms with Gasteiger partial charge in [0.25, 0.3) is 0 Å². The van der Waals surface area contributed by atoms with Crippen molar-refractivity contribution in [2.45, 2.75) is 59.2 Å². The summed E-state index contributed by atoms with van der Waals surface area (Å²) in [4.78, 5) is 12.0. The summed E-state index contributed by atoms with van der Waals surface area (Å²) >= 11 is 0. The quantitative estimate of drug-likeness (QED) is 0.524. The van der Waals surface area contributed by atoms with Crippen molar-refractivity contribution >= 4 is 5.97 Å². The third-order valence-corrected chi connectivity index (χ3v) is 4.34. The van der Waals surface area contributed by atoms with Crippen LogP contribution < -0.4 is 0 Å². The molecular formula is C22H28O3. The Morgan fingerprint density at radius 1 is 1.12 bits per heavy atom. The third-order valence-electron chi connectivity index (χ3n) is 4.34. The second-order valence-electron chi connectivity index (χ2n) is 6.83. The number of rotatable bonds is 8. The molecule has 1 heterocycles. The Morgan fingerprint density at radius 3 is 2.48 bits per heavy atom. The number of allylic oxidation sites excluding steroid dienone is 4. The van der Waals surface area contributed by atoms with Crippen molar-refractivity contribution in [1.82, 2.24) is 0 Å². The van der Waals surface area contributed by atoms with Crippen LogP contribution in [-0.4, -0.2) is 11.1 Å². The number of benzene rings is 1. The number of aliphatic hydroxyl groups excluding tert-OH is 1. The molecule has 1 N–H and O–H groups in total. The number of aliphatic hydroxyl groups is 1. The Hall–Kier alpha value is -2.13. The fourth-order valence-electron chi connectivity index (χ4n) is 2.80. The van der Waals surface area contributed by atoms with Crippen LogP contribution in [0.15, 0.2) is 59.2 Å². The van der Waals surface area contributed by atoms with Gasteiger partial charge in [0.1, 0.15) is 6.10 Å². The van der Waals surface area contributed by atoms with Gasteiger partial charge in [-0.1, -0.05) is 47.6 Å². The van der Waals surface area contributed by atoms with Crippen LogP contribution in [0.25, 0.3) is 0 Å². The van der Waals surface area contributed by atoms with E-state index in [4.69, 9.17) is 9.84 Å². The van der Waals surface area contributed by atoms with E-state index in [9.17, 15) is 4.79 Å². The number of hydrogen-bond acceptors (Lipinski definition) is 3. The van der Waals surface area contributed by atoms with Crippen LogP contribution in [-0.2, 0) is 16.1 Å². The van der Waals surface area contributed by atoms with E-state index < -0.39 is 0 Å². The van der Waals surface area contributed by atoms with Crippen LogP contribution in [0.4, 0.5) is 0 Å². The highest BCUT2D eigenvalue weighted by molar-refractivity contribution is 5.91. The molecule has 1 aliphatic heterocycles. The van der Waals surface area contributed by atoms with Gasteiger partial charge in [-0.05, 0) is 63.7 Å². The first kappa shape index (κ1) is 19.2. The zero-order valence-electron chi connectivity index (χ0n) is 15.4. The Kier molecular flexibility index (Phi) is 7.20. The lowest BCUT2D eigenvalue weighted by molar-refractivity contribution is -0.140. The lowest BCUT2D eigenvalue weighted by Gasteiger charge is -2.08. The molecule has 0 unspecified atom stereocenters. The third kappa shape index (κ3) is 6.02. The molecule has 0 aromatic heterocycles. The van der Waals surface area contributed by atoms with Crippen molar-refractivity contribution in [1.29, 1.82) is 0 Å². The molecule has 0 fully saturated rings. The second kappa shape index (κ2) is 9.38. The maximum Gasteiger partial charge on any atom is 0.334 e. The SMILES string of the molecule is CC(C)=CCC/C(C)=C/CCC1=C[C@H](c2ccc(CO)cc2)OC1=O. The van der Waals surface area contributed by atoms with Gasteiger partial charge in [0.15, 0.2) is 0 Å². The van der Waals surface area contributed by atoms with Gasteiger partial charge in [0.05, 0.1) is 6.61 Å². The van der Waals surface area contributed by atoms with Gasteiger partial charge in [-0.25, -0.2) is 4.79 Å². The highest BCUT2D eigenvalue weighted by Crippen LogP contribution is 2.30. The van der Waals surface area contributed by atoms with Gasteiger partial charge in [-0.3, -0.25) is 0 Å². The summed E-state index contributed by atoms with van der Waals surface area (Å²) in [6.07, 6.45) is 9.79. The Labute approximate surface area is 150 Å². The fourth-order valence-corrected chi connectivity index (χ4v) is 2.80. The summed E-state index contributed by atoms with van der Waals surface area (Å²) in [5.41, 5.74) is 5.26. The summed E-state index contributed by atoms with van der Waals surface area (Å²) in [6, 6.07) is 7.51. The zero-order valence-corrected chi connectivity index (χ0v) is 15.4. The molecule has 1 atom stereocenters. The Morgan fingerprint density at radius 2 is 1.84 bits per heavy atom. The number of ether oxygens (including phenoxy) is 1. The highest BCUT2D eigenvalue weighted by Gasteiger charge is 2.25. The van der Waals surface area contributed by atoms with E-state index in [0.717, 1.165) is 36.0 Å². The lowest BCUT2D eigenvalue weighted by atomic mass is 10.0. The average molecular weight is 340 g/mol. The molecule has 3 nitrogen and oxygen atoms in total. The maximum atomic E-state index is 12.0. The number of carbonyl (C=O) groups is 1. The minimum absolute atomic E-state index is 0.0190. The monoisotopic (exact) mass is 340 g/mol. The molecule has 1 aromatic carbocycles. The van der Waals surface area contributed by atoms with Crippen LogP contribution in [0.5, 0.6) is 0 Å². The van der Waals surface area contributed by atoms with Crippen LogP contribution in [0, 0.1) is 0 Å². The van der Waals surface area contributed by atoms with Crippen LogP contribution in [0.1, 0.15) is 63.7 Å². The maximum absolute atomic E-state index is 12.0. The molecule has 1 aliphatic rings. The van der Waals surface area contributed by atoms with Gasteiger partial charge in [0, 0.05) is 5.57 Å². The van der Waals surface area contributed by atoms with Crippen LogP contribution in [0.3, 0.4) is 0 Å². The molecule has 2 rings (SSSR count). The van der Waals surface area contributed by atoms with E-state index in [-0.39, 0.29) is 18.7 Å². The number of hydrogen-bond donors (Lipinski definition) is 1. The molecule has 0 radical (unpaired) electrons. The first-order valence-corrected chi connectivity index (χ1v) is 8.90. The summed E-state index contributed by atoms with van der Waals surface area (Å²) in [7, 11) is 0. The summed E-state index contributed by atoms with van der Waals surface area (Å²) in [5.74, 6) is -0.216. The van der Waals surface area contributed by atoms with E-state index in [2.05, 4.69) is 32.9 Å². The van der Waals surface area contributed by atoms with Crippen molar-refractivity contribution in [3.63, 3.8) is 0 Å². The van der Waals surface area contributed by atoms with E-state index in [0.29, 0.717) is 6.42 Å². The van der Waals surface area contributed by atoms with Gasteiger partial charge >= 0.3 is 5.97 Å².